The van der Waals surface area contributed by atoms with E-state index in [0.29, 0.717) is 17.2 Å². The van der Waals surface area contributed by atoms with Crippen LogP contribution in [-0.2, 0) is 27.9 Å². The van der Waals surface area contributed by atoms with Crippen LogP contribution in [0.4, 0.5) is 19.3 Å². The van der Waals surface area contributed by atoms with E-state index in [1.54, 1.807) is 12.3 Å². The Morgan fingerprint density at radius 3 is 2.60 bits per heavy atom. The molecule has 0 radical (unpaired) electrons. The Bertz CT molecular complexity index is 1310. The molecule has 4 heterocycles. The van der Waals surface area contributed by atoms with E-state index in [1.807, 2.05) is 0 Å². The molecule has 178 valence electrons. The topological polar surface area (TPSA) is 120 Å². The number of nitrogens with zero attached hydrogens (tertiary/aromatic N) is 6. The number of fused-ring (bicyclic) bond motifs is 1. The van der Waals surface area contributed by atoms with Crippen molar-refractivity contribution in [1.82, 2.24) is 20.0 Å². The van der Waals surface area contributed by atoms with Crippen LogP contribution in [0, 0.1) is 34.8 Å². The van der Waals surface area contributed by atoms with Crippen LogP contribution in [0.2, 0.25) is 0 Å². The number of carbonyl (C=O) groups is 1. The smallest absolute Gasteiger partial charge is 0.414 e. The van der Waals surface area contributed by atoms with Crippen molar-refractivity contribution in [1.29, 1.82) is 5.26 Å². The SMILES string of the molecule is N#C[C@]1(c2ccc(-c3c(F)cc(N4C[C@H](Cn5ccnn5)OC4=O)cc3F)cn2)[C@@H]2C[S+]([O-])C[C@@H]21. The number of carbonyl (C=O) groups excluding carboxylic acids is 1. The molecule has 2 saturated heterocycles. The second kappa shape index (κ2) is 8.00. The first kappa shape index (κ1) is 21.9. The highest BCUT2D eigenvalue weighted by Gasteiger charge is 2.73. The van der Waals surface area contributed by atoms with E-state index in [4.69, 9.17) is 4.74 Å². The van der Waals surface area contributed by atoms with Gasteiger partial charge in [0.05, 0.1) is 42.3 Å². The molecule has 2 aliphatic heterocycles. The van der Waals surface area contributed by atoms with Crippen molar-refractivity contribution < 1.29 is 22.9 Å². The predicted molar refractivity (Wildman–Crippen MR) is 119 cm³/mol. The molecule has 1 aliphatic carbocycles. The van der Waals surface area contributed by atoms with Crippen molar-refractivity contribution in [2.24, 2.45) is 11.8 Å². The minimum Gasteiger partial charge on any atom is -0.616 e. The van der Waals surface area contributed by atoms with Gasteiger partial charge in [0.1, 0.15) is 34.7 Å². The van der Waals surface area contributed by atoms with E-state index < -0.39 is 40.4 Å². The summed E-state index contributed by atoms with van der Waals surface area (Å²) in [7, 11) is 0. The number of hydrogen-bond donors (Lipinski definition) is 0. The predicted octanol–water partition coefficient (Wildman–Crippen LogP) is 2.41. The molecule has 3 aromatic rings. The van der Waals surface area contributed by atoms with Gasteiger partial charge in [0, 0.05) is 29.8 Å². The van der Waals surface area contributed by atoms with Gasteiger partial charge in [-0.2, -0.15) is 5.26 Å². The Morgan fingerprint density at radius 1 is 1.26 bits per heavy atom. The van der Waals surface area contributed by atoms with Crippen LogP contribution in [0.15, 0.2) is 42.9 Å². The van der Waals surface area contributed by atoms with Gasteiger partial charge in [-0.25, -0.2) is 18.3 Å². The lowest BCUT2D eigenvalue weighted by Crippen LogP contribution is -2.26. The molecular formula is C23H18F2N6O3S. The summed E-state index contributed by atoms with van der Waals surface area (Å²) in [6.07, 6.45) is 3.22. The summed E-state index contributed by atoms with van der Waals surface area (Å²) < 4.78 is 48.7. The summed E-state index contributed by atoms with van der Waals surface area (Å²) in [6, 6.07) is 7.65. The molecule has 9 nitrogen and oxygen atoms in total. The summed E-state index contributed by atoms with van der Waals surface area (Å²) in [5.41, 5.74) is -0.257. The zero-order valence-corrected chi connectivity index (χ0v) is 19.0. The highest BCUT2D eigenvalue weighted by atomic mass is 32.2. The van der Waals surface area contributed by atoms with Crippen LogP contribution in [0.3, 0.4) is 0 Å². The Balaban J connectivity index is 1.23. The summed E-state index contributed by atoms with van der Waals surface area (Å²) in [5.74, 6) is -0.733. The molecule has 12 heteroatoms. The van der Waals surface area contributed by atoms with Crippen molar-refractivity contribution in [2.45, 2.75) is 18.1 Å². The maximum Gasteiger partial charge on any atom is 0.414 e. The molecule has 5 atom stereocenters. The fourth-order valence-corrected chi connectivity index (χ4v) is 7.18. The van der Waals surface area contributed by atoms with Crippen LogP contribution < -0.4 is 4.90 Å². The van der Waals surface area contributed by atoms with Crippen molar-refractivity contribution in [3.05, 3.63) is 60.2 Å². The molecule has 2 aromatic heterocycles. The maximum atomic E-state index is 15.1. The maximum absolute atomic E-state index is 15.1. The van der Waals surface area contributed by atoms with Crippen molar-refractivity contribution in [3.63, 3.8) is 0 Å². The third-order valence-electron chi connectivity index (χ3n) is 7.01. The number of aromatic nitrogens is 4. The van der Waals surface area contributed by atoms with Gasteiger partial charge in [0.15, 0.2) is 0 Å². The van der Waals surface area contributed by atoms with Crippen molar-refractivity contribution in [2.75, 3.05) is 23.0 Å². The third kappa shape index (κ3) is 3.45. The highest BCUT2D eigenvalue weighted by Crippen LogP contribution is 2.63. The number of amides is 1. The average molecular weight is 496 g/mol. The molecule has 3 aliphatic rings. The van der Waals surface area contributed by atoms with Crippen LogP contribution in [0.1, 0.15) is 5.69 Å². The lowest BCUT2D eigenvalue weighted by molar-refractivity contribution is 0.129. The van der Waals surface area contributed by atoms with Gasteiger partial charge in [-0.05, 0) is 18.2 Å². The molecule has 1 unspecified atom stereocenters. The minimum absolute atomic E-state index is 0.00744. The van der Waals surface area contributed by atoms with Gasteiger partial charge in [0.25, 0.3) is 0 Å². The number of rotatable bonds is 5. The van der Waals surface area contributed by atoms with Crippen LogP contribution >= 0.6 is 0 Å². The molecule has 1 aromatic carbocycles. The largest absolute Gasteiger partial charge is 0.616 e. The summed E-state index contributed by atoms with van der Waals surface area (Å²) >= 11 is -0.904. The normalized spacial score (nSPS) is 29.1. The molecule has 6 rings (SSSR count). The first-order chi connectivity index (χ1) is 16.9. The Kier molecular flexibility index (Phi) is 5.01. The van der Waals surface area contributed by atoms with E-state index in [9.17, 15) is 14.6 Å². The summed E-state index contributed by atoms with van der Waals surface area (Å²) in [5, 5.41) is 17.3. The Morgan fingerprint density at radius 2 is 2.00 bits per heavy atom. The van der Waals surface area contributed by atoms with E-state index >= 15 is 8.78 Å². The molecule has 1 amide bonds. The monoisotopic (exact) mass is 496 g/mol. The van der Waals surface area contributed by atoms with Crippen molar-refractivity contribution in [3.8, 4) is 17.2 Å². The average Bonchev–Trinajstić information content (AvgIpc) is 3.31. The lowest BCUT2D eigenvalue weighted by atomic mass is 9.97. The van der Waals surface area contributed by atoms with Crippen molar-refractivity contribution >= 4 is 23.0 Å². The lowest BCUT2D eigenvalue weighted by Gasteiger charge is -2.16. The summed E-state index contributed by atoms with van der Waals surface area (Å²) in [6.45, 7) is 0.377. The Labute approximate surface area is 201 Å². The van der Waals surface area contributed by atoms with E-state index in [2.05, 4.69) is 21.4 Å². The van der Waals surface area contributed by atoms with Gasteiger partial charge in [-0.15, -0.1) is 5.10 Å². The van der Waals surface area contributed by atoms with Crippen LogP contribution in [0.5, 0.6) is 0 Å². The molecule has 0 N–H and O–H groups in total. The number of pyridine rings is 1. The molecule has 1 saturated carbocycles. The number of nitriles is 1. The Hall–Kier alpha value is -3.56. The van der Waals surface area contributed by atoms with Gasteiger partial charge < -0.3 is 9.29 Å². The van der Waals surface area contributed by atoms with Gasteiger partial charge in [-0.1, -0.05) is 22.5 Å². The molecule has 0 spiro atoms. The number of cyclic esters (lactones) is 1. The second-order valence-electron chi connectivity index (χ2n) is 8.92. The fraction of sp³-hybridized carbons (Fsp3) is 0.348. The molecule has 0 bridgehead atoms. The fourth-order valence-electron chi connectivity index (χ4n) is 5.25. The van der Waals surface area contributed by atoms with Gasteiger partial charge in [0.2, 0.25) is 0 Å². The van der Waals surface area contributed by atoms with E-state index in [-0.39, 0.29) is 41.7 Å². The van der Waals surface area contributed by atoms with Crippen LogP contribution in [0.25, 0.3) is 11.1 Å². The van der Waals surface area contributed by atoms with Crippen LogP contribution in [-0.4, -0.2) is 54.8 Å². The quantitative estimate of drug-likeness (QED) is 0.498. The van der Waals surface area contributed by atoms with Gasteiger partial charge in [-0.3, -0.25) is 9.88 Å². The first-order valence-corrected chi connectivity index (χ1v) is 12.4. The zero-order valence-electron chi connectivity index (χ0n) is 18.2. The van der Waals surface area contributed by atoms with Gasteiger partial charge >= 0.3 is 6.09 Å². The summed E-state index contributed by atoms with van der Waals surface area (Å²) in [4.78, 5) is 17.8. The highest BCUT2D eigenvalue weighted by molar-refractivity contribution is 7.91. The van der Waals surface area contributed by atoms with E-state index in [0.717, 1.165) is 12.1 Å². The zero-order chi connectivity index (χ0) is 24.3. The number of benzene rings is 1. The van der Waals surface area contributed by atoms with E-state index in [1.165, 1.54) is 28.0 Å². The third-order valence-corrected chi connectivity index (χ3v) is 8.48. The standard InChI is InChI=1S/C23H18F2N6O3S/c24-18-5-14(31-9-15(34-22(31)32)8-30-4-3-28-29-30)6-19(25)21(18)13-1-2-20(27-7-13)23(12-26)16-10-35(33)11-17(16)23/h1-7,15-17H,8-11H2/t15-,16-,17+,23+,35?/m0/s1. The first-order valence-electron chi connectivity index (χ1n) is 10.9. The number of halogens is 2. The molecule has 35 heavy (non-hydrogen) atoms. The molecule has 3 fully saturated rings. The minimum atomic E-state index is -0.904. The number of anilines is 1. The number of hydrogen-bond acceptors (Lipinski definition) is 7. The second-order valence-corrected chi connectivity index (χ2v) is 10.5. The molecular weight excluding hydrogens is 478 g/mol. The number of ether oxygens (including phenoxy) is 1.